The molecule has 5 heteroatoms. The summed E-state index contributed by atoms with van der Waals surface area (Å²) < 4.78 is 5.17. The molecule has 0 aromatic heterocycles. The van der Waals surface area contributed by atoms with Crippen LogP contribution in [0.3, 0.4) is 0 Å². The maximum atomic E-state index is 12.9. The molecule has 0 aliphatic carbocycles. The normalized spacial score (nSPS) is 11.7. The monoisotopic (exact) mass is 349 g/mol. The van der Waals surface area contributed by atoms with Crippen molar-refractivity contribution >= 4 is 18.2 Å². The van der Waals surface area contributed by atoms with E-state index in [9.17, 15) is 9.90 Å². The number of carbonyl (C=O) groups excluding carboxylic acids is 1. The Balaban J connectivity index is 0.00000288. The van der Waals surface area contributed by atoms with Crippen molar-refractivity contribution in [2.45, 2.75) is 6.42 Å². The number of rotatable bonds is 7. The first-order valence-electron chi connectivity index (χ1n) is 7.61. The van der Waals surface area contributed by atoms with E-state index in [2.05, 4.69) is 0 Å². The lowest BCUT2D eigenvalue weighted by atomic mass is 9.90. The number of ether oxygens (including phenoxy) is 1. The summed E-state index contributed by atoms with van der Waals surface area (Å²) in [7, 11) is 5.43. The molecule has 1 atom stereocenters. The minimum Gasteiger partial charge on any atom is -0.507 e. The number of aromatic hydroxyl groups is 1. The number of phenolic OH excluding ortho intramolecular Hbond substituents is 1. The van der Waals surface area contributed by atoms with Gasteiger partial charge in [-0.2, -0.15) is 0 Å². The van der Waals surface area contributed by atoms with Gasteiger partial charge in [0, 0.05) is 12.5 Å². The SMILES string of the molecule is COc1ccc(O)c(C(=O)C(Cc2ccccc2)CN(C)C)c1.Cl. The average Bonchev–Trinajstić information content (AvgIpc) is 2.54. The number of ketones is 1. The molecule has 0 fully saturated rings. The Morgan fingerprint density at radius 3 is 2.42 bits per heavy atom. The van der Waals surface area contributed by atoms with Gasteiger partial charge in [-0.05, 0) is 44.3 Å². The third-order valence-electron chi connectivity index (χ3n) is 3.75. The Labute approximate surface area is 149 Å². The number of hydrogen-bond donors (Lipinski definition) is 1. The first-order valence-corrected chi connectivity index (χ1v) is 7.61. The van der Waals surface area contributed by atoms with Crippen LogP contribution in [0, 0.1) is 5.92 Å². The summed E-state index contributed by atoms with van der Waals surface area (Å²) in [6, 6.07) is 14.7. The van der Waals surface area contributed by atoms with Gasteiger partial charge in [0.15, 0.2) is 5.78 Å². The van der Waals surface area contributed by atoms with Crippen LogP contribution in [0.5, 0.6) is 11.5 Å². The molecule has 0 amide bonds. The number of benzene rings is 2. The Morgan fingerprint density at radius 1 is 1.17 bits per heavy atom. The van der Waals surface area contributed by atoms with E-state index < -0.39 is 0 Å². The summed E-state index contributed by atoms with van der Waals surface area (Å²) in [6.45, 7) is 0.615. The fourth-order valence-electron chi connectivity index (χ4n) is 2.64. The summed E-state index contributed by atoms with van der Waals surface area (Å²) in [5, 5.41) is 10.1. The molecule has 1 unspecified atom stereocenters. The van der Waals surface area contributed by atoms with Crippen molar-refractivity contribution in [3.8, 4) is 11.5 Å². The zero-order valence-electron chi connectivity index (χ0n) is 14.2. The topological polar surface area (TPSA) is 49.8 Å². The molecular formula is C19H24ClNO3. The summed E-state index contributed by atoms with van der Waals surface area (Å²) in [6.07, 6.45) is 0.633. The second-order valence-corrected chi connectivity index (χ2v) is 5.90. The lowest BCUT2D eigenvalue weighted by Crippen LogP contribution is -2.29. The van der Waals surface area contributed by atoms with E-state index in [-0.39, 0.29) is 29.9 Å². The molecule has 0 heterocycles. The fraction of sp³-hybridized carbons (Fsp3) is 0.316. The third-order valence-corrected chi connectivity index (χ3v) is 3.75. The molecule has 1 N–H and O–H groups in total. The molecule has 0 spiro atoms. The molecule has 24 heavy (non-hydrogen) atoms. The van der Waals surface area contributed by atoms with E-state index in [1.165, 1.54) is 6.07 Å². The lowest BCUT2D eigenvalue weighted by Gasteiger charge is -2.21. The highest BCUT2D eigenvalue weighted by Crippen LogP contribution is 2.27. The first kappa shape index (κ1) is 20.0. The summed E-state index contributed by atoms with van der Waals surface area (Å²) in [5.41, 5.74) is 1.42. The molecule has 2 rings (SSSR count). The summed E-state index contributed by atoms with van der Waals surface area (Å²) in [4.78, 5) is 14.9. The van der Waals surface area contributed by atoms with Crippen LogP contribution in [0.1, 0.15) is 15.9 Å². The van der Waals surface area contributed by atoms with Crippen molar-refractivity contribution in [3.63, 3.8) is 0 Å². The third kappa shape index (κ3) is 5.25. The predicted octanol–water partition coefficient (Wildman–Crippen LogP) is 3.43. The van der Waals surface area contributed by atoms with Crippen molar-refractivity contribution in [2.24, 2.45) is 5.92 Å². The maximum Gasteiger partial charge on any atom is 0.171 e. The van der Waals surface area contributed by atoms with E-state index in [1.54, 1.807) is 19.2 Å². The van der Waals surface area contributed by atoms with E-state index in [1.807, 2.05) is 49.3 Å². The van der Waals surface area contributed by atoms with Gasteiger partial charge >= 0.3 is 0 Å². The highest BCUT2D eigenvalue weighted by atomic mass is 35.5. The summed E-state index contributed by atoms with van der Waals surface area (Å²) in [5.74, 6) is 0.256. The number of methoxy groups -OCH3 is 1. The highest BCUT2D eigenvalue weighted by Gasteiger charge is 2.24. The van der Waals surface area contributed by atoms with Crippen LogP contribution < -0.4 is 4.74 Å². The standard InChI is InChI=1S/C19H23NO3.ClH/c1-20(2)13-15(11-14-7-5-4-6-8-14)19(22)17-12-16(23-3)9-10-18(17)21;/h4-10,12,15,21H,11,13H2,1-3H3;1H. The Hall–Kier alpha value is -2.04. The maximum absolute atomic E-state index is 12.9. The van der Waals surface area contributed by atoms with Crippen LogP contribution in [0.2, 0.25) is 0 Å². The fourth-order valence-corrected chi connectivity index (χ4v) is 2.64. The number of nitrogens with zero attached hydrogens (tertiary/aromatic N) is 1. The highest BCUT2D eigenvalue weighted by molar-refractivity contribution is 6.00. The number of carbonyl (C=O) groups is 1. The molecule has 0 bridgehead atoms. The molecular weight excluding hydrogens is 326 g/mol. The molecule has 130 valence electrons. The van der Waals surface area contributed by atoms with Crippen molar-refractivity contribution in [1.29, 1.82) is 0 Å². The van der Waals surface area contributed by atoms with Crippen LogP contribution in [-0.4, -0.2) is 43.5 Å². The van der Waals surface area contributed by atoms with Gasteiger partial charge in [0.05, 0.1) is 12.7 Å². The minimum atomic E-state index is -0.231. The molecule has 4 nitrogen and oxygen atoms in total. The number of hydrogen-bond acceptors (Lipinski definition) is 4. The quantitative estimate of drug-likeness (QED) is 0.778. The second kappa shape index (κ2) is 9.30. The second-order valence-electron chi connectivity index (χ2n) is 5.90. The number of phenols is 1. The Morgan fingerprint density at radius 2 is 1.83 bits per heavy atom. The van der Waals surface area contributed by atoms with Crippen LogP contribution in [-0.2, 0) is 6.42 Å². The Bertz CT molecular complexity index is 659. The van der Waals surface area contributed by atoms with E-state index in [0.29, 0.717) is 24.3 Å². The van der Waals surface area contributed by atoms with Gasteiger partial charge in [-0.25, -0.2) is 0 Å². The average molecular weight is 350 g/mol. The van der Waals surface area contributed by atoms with Crippen molar-refractivity contribution in [1.82, 2.24) is 4.90 Å². The predicted molar refractivity (Wildman–Crippen MR) is 98.4 cm³/mol. The Kier molecular flexibility index (Phi) is 7.75. The number of halogens is 1. The van der Waals surface area contributed by atoms with E-state index >= 15 is 0 Å². The van der Waals surface area contributed by atoms with Crippen LogP contribution in [0.15, 0.2) is 48.5 Å². The van der Waals surface area contributed by atoms with E-state index in [4.69, 9.17) is 4.74 Å². The molecule has 2 aromatic carbocycles. The largest absolute Gasteiger partial charge is 0.507 e. The van der Waals surface area contributed by atoms with Gasteiger partial charge in [-0.3, -0.25) is 4.79 Å². The van der Waals surface area contributed by atoms with Crippen molar-refractivity contribution in [2.75, 3.05) is 27.7 Å². The minimum absolute atomic E-state index is 0. The number of Topliss-reactive ketones (excluding diaryl/α,β-unsaturated/α-hetero) is 1. The van der Waals surface area contributed by atoms with Crippen molar-refractivity contribution < 1.29 is 14.6 Å². The van der Waals surface area contributed by atoms with Gasteiger partial charge in [0.2, 0.25) is 0 Å². The van der Waals surface area contributed by atoms with Gasteiger partial charge in [0.25, 0.3) is 0 Å². The molecule has 0 aliphatic heterocycles. The molecule has 0 radical (unpaired) electrons. The van der Waals surface area contributed by atoms with Gasteiger partial charge < -0.3 is 14.7 Å². The smallest absolute Gasteiger partial charge is 0.171 e. The molecule has 0 aliphatic rings. The van der Waals surface area contributed by atoms with Crippen LogP contribution in [0.25, 0.3) is 0 Å². The first-order chi connectivity index (χ1) is 11.0. The molecule has 2 aromatic rings. The van der Waals surface area contributed by atoms with Crippen molar-refractivity contribution in [3.05, 3.63) is 59.7 Å². The van der Waals surface area contributed by atoms with E-state index in [0.717, 1.165) is 5.56 Å². The zero-order valence-corrected chi connectivity index (χ0v) is 15.0. The van der Waals surface area contributed by atoms with Gasteiger partial charge in [0.1, 0.15) is 11.5 Å². The van der Waals surface area contributed by atoms with Gasteiger partial charge in [-0.1, -0.05) is 30.3 Å². The summed E-state index contributed by atoms with van der Waals surface area (Å²) >= 11 is 0. The lowest BCUT2D eigenvalue weighted by molar-refractivity contribution is 0.0893. The van der Waals surface area contributed by atoms with Crippen LogP contribution in [0.4, 0.5) is 0 Å². The molecule has 0 saturated carbocycles. The zero-order chi connectivity index (χ0) is 16.8. The molecule has 0 saturated heterocycles. The van der Waals surface area contributed by atoms with Gasteiger partial charge in [-0.15, -0.1) is 12.4 Å². The van der Waals surface area contributed by atoms with Crippen LogP contribution >= 0.6 is 12.4 Å².